The van der Waals surface area contributed by atoms with E-state index in [2.05, 4.69) is 22.2 Å². The number of anilines is 1. The van der Waals surface area contributed by atoms with E-state index in [9.17, 15) is 14.9 Å². The number of hydrogen-bond donors (Lipinski definition) is 3. The Bertz CT molecular complexity index is 1160. The van der Waals surface area contributed by atoms with Crippen LogP contribution in [0.4, 0.5) is 5.69 Å². The van der Waals surface area contributed by atoms with Gasteiger partial charge in [0.15, 0.2) is 0 Å². The van der Waals surface area contributed by atoms with Crippen molar-refractivity contribution in [1.82, 2.24) is 10.9 Å². The quantitative estimate of drug-likeness (QED) is 0.423. The second-order valence-electron chi connectivity index (χ2n) is 6.97. The van der Waals surface area contributed by atoms with Crippen LogP contribution in [0.2, 0.25) is 0 Å². The molecule has 0 radical (unpaired) electrons. The van der Waals surface area contributed by atoms with Gasteiger partial charge in [0.05, 0.1) is 18.2 Å². The summed E-state index contributed by atoms with van der Waals surface area (Å²) in [4.78, 5) is 24.1. The van der Waals surface area contributed by atoms with E-state index in [0.29, 0.717) is 35.1 Å². The number of ether oxygens (including phenoxy) is 2. The van der Waals surface area contributed by atoms with Crippen LogP contribution in [0.5, 0.6) is 17.2 Å². The van der Waals surface area contributed by atoms with E-state index in [1.54, 1.807) is 49.4 Å². The summed E-state index contributed by atoms with van der Waals surface area (Å²) in [7, 11) is 0. The van der Waals surface area contributed by atoms with Crippen molar-refractivity contribution in [1.29, 1.82) is 5.26 Å². The highest BCUT2D eigenvalue weighted by molar-refractivity contribution is 5.98. The maximum absolute atomic E-state index is 12.8. The first-order valence-electron chi connectivity index (χ1n) is 10.3. The highest BCUT2D eigenvalue weighted by atomic mass is 16.5. The van der Waals surface area contributed by atoms with E-state index < -0.39 is 11.9 Å². The third-order valence-electron chi connectivity index (χ3n) is 4.48. The zero-order chi connectivity index (χ0) is 23.6. The fraction of sp³-hybridized carbons (Fsp3) is 0.160. The summed E-state index contributed by atoms with van der Waals surface area (Å²) in [5.41, 5.74) is 6.70. The molecule has 0 heterocycles. The minimum absolute atomic E-state index is 0.230. The summed E-state index contributed by atoms with van der Waals surface area (Å²) in [5.74, 6) is 0.848. The Balaban J connectivity index is 1.70. The van der Waals surface area contributed by atoms with Crippen LogP contribution in [0.3, 0.4) is 0 Å². The van der Waals surface area contributed by atoms with E-state index in [-0.39, 0.29) is 11.5 Å². The van der Waals surface area contributed by atoms with Crippen LogP contribution in [-0.2, 0) is 4.79 Å². The van der Waals surface area contributed by atoms with Gasteiger partial charge in [-0.3, -0.25) is 15.0 Å². The molecule has 3 aromatic rings. The summed E-state index contributed by atoms with van der Waals surface area (Å²) in [5, 5.41) is 12.3. The Morgan fingerprint density at radius 2 is 1.76 bits per heavy atom. The van der Waals surface area contributed by atoms with Crippen LogP contribution in [-0.4, -0.2) is 18.4 Å². The molecule has 8 heteroatoms. The molecule has 33 heavy (non-hydrogen) atoms. The van der Waals surface area contributed by atoms with Gasteiger partial charge in [-0.2, -0.15) is 5.26 Å². The van der Waals surface area contributed by atoms with Crippen molar-refractivity contribution in [2.45, 2.75) is 19.9 Å². The lowest BCUT2D eigenvalue weighted by Gasteiger charge is -2.16. The van der Waals surface area contributed by atoms with Gasteiger partial charge >= 0.3 is 0 Å². The van der Waals surface area contributed by atoms with Crippen LogP contribution >= 0.6 is 0 Å². The number of carbonyl (C=O) groups is 2. The summed E-state index contributed by atoms with van der Waals surface area (Å²) in [6.45, 7) is 3.53. The first kappa shape index (κ1) is 23.3. The van der Waals surface area contributed by atoms with Crippen molar-refractivity contribution in [2.75, 3.05) is 11.9 Å². The monoisotopic (exact) mass is 444 g/mol. The first-order chi connectivity index (χ1) is 16.0. The first-order valence-corrected chi connectivity index (χ1v) is 10.3. The summed E-state index contributed by atoms with van der Waals surface area (Å²) >= 11 is 0. The van der Waals surface area contributed by atoms with E-state index in [0.717, 1.165) is 0 Å². The van der Waals surface area contributed by atoms with Crippen molar-refractivity contribution in [3.63, 3.8) is 0 Å². The molecule has 0 saturated heterocycles. The predicted octanol–water partition coefficient (Wildman–Crippen LogP) is 4.34. The number of carbonyl (C=O) groups excluding carboxylic acids is 2. The van der Waals surface area contributed by atoms with Crippen LogP contribution in [0, 0.1) is 11.3 Å². The van der Waals surface area contributed by atoms with Gasteiger partial charge in [0.1, 0.15) is 23.3 Å². The lowest BCUT2D eigenvalue weighted by molar-refractivity contribution is -0.114. The van der Waals surface area contributed by atoms with Crippen LogP contribution in [0.1, 0.15) is 35.8 Å². The van der Waals surface area contributed by atoms with Gasteiger partial charge in [0.2, 0.25) is 5.91 Å². The van der Waals surface area contributed by atoms with Gasteiger partial charge in [0, 0.05) is 18.7 Å². The molecule has 0 bridgehead atoms. The topological polar surface area (TPSA) is 112 Å². The van der Waals surface area contributed by atoms with Crippen molar-refractivity contribution in [3.8, 4) is 23.3 Å². The molecule has 8 nitrogen and oxygen atoms in total. The Morgan fingerprint density at radius 1 is 1.00 bits per heavy atom. The molecule has 0 saturated carbocycles. The molecule has 0 aliphatic heterocycles. The average molecular weight is 444 g/mol. The Labute approximate surface area is 192 Å². The molecular weight excluding hydrogens is 420 g/mol. The lowest BCUT2D eigenvalue weighted by Crippen LogP contribution is -2.39. The van der Waals surface area contributed by atoms with Gasteiger partial charge in [0.25, 0.3) is 5.91 Å². The summed E-state index contributed by atoms with van der Waals surface area (Å²) < 4.78 is 11.4. The fourth-order valence-electron chi connectivity index (χ4n) is 3.04. The molecule has 1 atom stereocenters. The van der Waals surface area contributed by atoms with E-state index in [4.69, 9.17) is 9.47 Å². The molecule has 168 valence electrons. The van der Waals surface area contributed by atoms with Crippen molar-refractivity contribution in [2.24, 2.45) is 0 Å². The van der Waals surface area contributed by atoms with Gasteiger partial charge in [-0.05, 0) is 48.9 Å². The van der Waals surface area contributed by atoms with Crippen LogP contribution in [0.25, 0.3) is 0 Å². The predicted molar refractivity (Wildman–Crippen MR) is 124 cm³/mol. The second kappa shape index (κ2) is 11.3. The lowest BCUT2D eigenvalue weighted by atomic mass is 10.1. The zero-order valence-corrected chi connectivity index (χ0v) is 18.3. The van der Waals surface area contributed by atoms with Gasteiger partial charge < -0.3 is 14.8 Å². The molecule has 0 fully saturated rings. The van der Waals surface area contributed by atoms with Crippen molar-refractivity contribution >= 4 is 17.5 Å². The highest BCUT2D eigenvalue weighted by Gasteiger charge is 2.17. The van der Waals surface area contributed by atoms with Gasteiger partial charge in [-0.25, -0.2) is 5.43 Å². The highest BCUT2D eigenvalue weighted by Crippen LogP contribution is 2.25. The normalized spacial score (nSPS) is 11.1. The average Bonchev–Trinajstić information content (AvgIpc) is 2.80. The van der Waals surface area contributed by atoms with E-state index in [1.807, 2.05) is 30.3 Å². The van der Waals surface area contributed by atoms with Crippen LogP contribution in [0.15, 0.2) is 72.8 Å². The number of nitrogens with one attached hydrogen (secondary N) is 3. The summed E-state index contributed by atoms with van der Waals surface area (Å²) in [6, 6.07) is 22.4. The second-order valence-corrected chi connectivity index (χ2v) is 6.97. The number of amides is 2. The third-order valence-corrected chi connectivity index (χ3v) is 4.48. The standard InChI is InChI=1S/C25H24N4O4/c1-3-32-24-15-19(27-17(2)30)12-13-22(24)25(31)29-28-23(16-26)18-8-7-11-21(14-18)33-20-9-5-4-6-10-20/h4-15,23,28H,3H2,1-2H3,(H,27,30)(H,29,31). The number of hydrazine groups is 1. The molecule has 3 N–H and O–H groups in total. The Hall–Kier alpha value is -4.35. The maximum Gasteiger partial charge on any atom is 0.269 e. The van der Waals surface area contributed by atoms with E-state index in [1.165, 1.54) is 6.92 Å². The zero-order valence-electron chi connectivity index (χ0n) is 18.3. The number of benzene rings is 3. The Morgan fingerprint density at radius 3 is 2.45 bits per heavy atom. The molecule has 0 aliphatic carbocycles. The maximum atomic E-state index is 12.8. The molecule has 0 aromatic heterocycles. The van der Waals surface area contributed by atoms with Crippen molar-refractivity contribution in [3.05, 3.63) is 83.9 Å². The van der Waals surface area contributed by atoms with E-state index >= 15 is 0 Å². The molecular formula is C25H24N4O4. The molecule has 3 rings (SSSR count). The fourth-order valence-corrected chi connectivity index (χ4v) is 3.04. The van der Waals surface area contributed by atoms with Gasteiger partial charge in [-0.15, -0.1) is 0 Å². The number of para-hydroxylation sites is 1. The Kier molecular flexibility index (Phi) is 8.00. The molecule has 1 unspecified atom stereocenters. The number of nitriles is 1. The minimum atomic E-state index is -0.817. The molecule has 0 aliphatic rings. The van der Waals surface area contributed by atoms with Gasteiger partial charge in [-0.1, -0.05) is 30.3 Å². The smallest absolute Gasteiger partial charge is 0.269 e. The van der Waals surface area contributed by atoms with Crippen molar-refractivity contribution < 1.29 is 19.1 Å². The number of rotatable bonds is 9. The molecule has 0 spiro atoms. The minimum Gasteiger partial charge on any atom is -0.493 e. The summed E-state index contributed by atoms with van der Waals surface area (Å²) in [6.07, 6.45) is 0. The third kappa shape index (κ3) is 6.56. The number of nitrogens with zero attached hydrogens (tertiary/aromatic N) is 1. The SMILES string of the molecule is CCOc1cc(NC(C)=O)ccc1C(=O)NNC(C#N)c1cccc(Oc2ccccc2)c1. The number of hydrogen-bond acceptors (Lipinski definition) is 6. The largest absolute Gasteiger partial charge is 0.493 e. The molecule has 3 aromatic carbocycles. The molecule has 2 amide bonds. The van der Waals surface area contributed by atoms with Crippen LogP contribution < -0.4 is 25.6 Å².